The van der Waals surface area contributed by atoms with Crippen LogP contribution in [-0.2, 0) is 33.3 Å². The van der Waals surface area contributed by atoms with E-state index >= 15 is 0 Å². The average molecular weight is 553 g/mol. The van der Waals surface area contributed by atoms with E-state index in [1.807, 2.05) is 30.3 Å². The molecule has 10 heteroatoms. The summed E-state index contributed by atoms with van der Waals surface area (Å²) < 4.78 is 72.1. The lowest BCUT2D eigenvalue weighted by Crippen LogP contribution is -2.49. The maximum Gasteiger partial charge on any atom is 0.416 e. The number of sulfonamides is 1. The predicted molar refractivity (Wildman–Crippen MR) is 138 cm³/mol. The van der Waals surface area contributed by atoms with Crippen molar-refractivity contribution in [3.8, 4) is 0 Å². The molecular weight excluding hydrogens is 525 g/mol. The third-order valence-corrected chi connectivity index (χ3v) is 8.42. The predicted octanol–water partition coefficient (Wildman–Crippen LogP) is 5.76. The van der Waals surface area contributed by atoms with Crippen LogP contribution in [0.4, 0.5) is 13.2 Å². The molecule has 1 aliphatic heterocycles. The van der Waals surface area contributed by atoms with Crippen LogP contribution in [0, 0.1) is 0 Å². The largest absolute Gasteiger partial charge is 0.416 e. The maximum atomic E-state index is 12.9. The summed E-state index contributed by atoms with van der Waals surface area (Å²) in [6.07, 6.45) is -4.76. The molecule has 3 aromatic carbocycles. The molecule has 0 amide bonds. The van der Waals surface area contributed by atoms with Gasteiger partial charge >= 0.3 is 6.18 Å². The highest BCUT2D eigenvalue weighted by Gasteiger charge is 2.30. The van der Waals surface area contributed by atoms with Crippen molar-refractivity contribution in [3.05, 3.63) is 106 Å². The van der Waals surface area contributed by atoms with Gasteiger partial charge in [0.25, 0.3) is 0 Å². The average Bonchev–Trinajstić information content (AvgIpc) is 2.87. The fourth-order valence-electron chi connectivity index (χ4n) is 4.22. The van der Waals surface area contributed by atoms with Crippen LogP contribution in [0.3, 0.4) is 0 Å². The van der Waals surface area contributed by atoms with Gasteiger partial charge in [-0.05, 0) is 41.0 Å². The lowest BCUT2D eigenvalue weighted by atomic mass is 10.1. The molecule has 5 nitrogen and oxygen atoms in total. The van der Waals surface area contributed by atoms with Crippen molar-refractivity contribution in [2.45, 2.75) is 24.6 Å². The van der Waals surface area contributed by atoms with Gasteiger partial charge in [-0.1, -0.05) is 66.2 Å². The minimum absolute atomic E-state index is 0.0303. The molecule has 0 aromatic heterocycles. The maximum absolute atomic E-state index is 12.9. The fourth-order valence-corrected chi connectivity index (χ4v) is 5.86. The van der Waals surface area contributed by atoms with Crippen LogP contribution < -0.4 is 0 Å². The first-order chi connectivity index (χ1) is 17.6. The van der Waals surface area contributed by atoms with Gasteiger partial charge in [0, 0.05) is 37.7 Å². The van der Waals surface area contributed by atoms with Crippen molar-refractivity contribution in [1.29, 1.82) is 0 Å². The SMILES string of the molecule is O=S(=O)(Cc1ccccc1)N1CCN(CC(OCc2ccc(C(F)(F)F)cc2)c2ccc(Cl)cc2)CC1. The van der Waals surface area contributed by atoms with Crippen LogP contribution in [0.1, 0.15) is 28.4 Å². The molecular formula is C27H28ClF3N2O3S. The lowest BCUT2D eigenvalue weighted by Gasteiger charge is -2.36. The van der Waals surface area contributed by atoms with Crippen molar-refractivity contribution in [3.63, 3.8) is 0 Å². The van der Waals surface area contributed by atoms with E-state index in [-0.39, 0.29) is 18.5 Å². The molecule has 1 heterocycles. The Morgan fingerprint density at radius 1 is 0.838 bits per heavy atom. The van der Waals surface area contributed by atoms with Gasteiger partial charge < -0.3 is 4.74 Å². The Labute approximate surface area is 220 Å². The van der Waals surface area contributed by atoms with Gasteiger partial charge in [0.15, 0.2) is 0 Å². The molecule has 1 unspecified atom stereocenters. The topological polar surface area (TPSA) is 49.9 Å². The summed E-state index contributed by atoms with van der Waals surface area (Å²) in [7, 11) is -3.42. The van der Waals surface area contributed by atoms with Crippen LogP contribution in [0.5, 0.6) is 0 Å². The van der Waals surface area contributed by atoms with Crippen molar-refractivity contribution in [1.82, 2.24) is 9.21 Å². The second-order valence-electron chi connectivity index (χ2n) is 8.99. The molecule has 1 fully saturated rings. The highest BCUT2D eigenvalue weighted by Crippen LogP contribution is 2.30. The molecule has 0 aliphatic carbocycles. The van der Waals surface area contributed by atoms with Crippen molar-refractivity contribution in [2.24, 2.45) is 0 Å². The molecule has 3 aromatic rings. The first-order valence-electron chi connectivity index (χ1n) is 11.9. The second-order valence-corrected chi connectivity index (χ2v) is 11.4. The van der Waals surface area contributed by atoms with Gasteiger partial charge in [-0.25, -0.2) is 8.42 Å². The molecule has 0 spiro atoms. The van der Waals surface area contributed by atoms with E-state index in [4.69, 9.17) is 16.3 Å². The normalized spacial score (nSPS) is 16.5. The summed E-state index contributed by atoms with van der Waals surface area (Å²) >= 11 is 6.04. The number of nitrogens with zero attached hydrogens (tertiary/aromatic N) is 2. The number of piperazine rings is 1. The van der Waals surface area contributed by atoms with Gasteiger partial charge in [0.05, 0.1) is 24.0 Å². The van der Waals surface area contributed by atoms with E-state index in [0.717, 1.165) is 23.3 Å². The molecule has 0 saturated carbocycles. The Balaban J connectivity index is 1.38. The monoisotopic (exact) mass is 552 g/mol. The first-order valence-corrected chi connectivity index (χ1v) is 13.9. The van der Waals surface area contributed by atoms with Crippen molar-refractivity contribution < 1.29 is 26.3 Å². The van der Waals surface area contributed by atoms with E-state index < -0.39 is 21.8 Å². The summed E-state index contributed by atoms with van der Waals surface area (Å²) in [5, 5.41) is 0.586. The van der Waals surface area contributed by atoms with Crippen LogP contribution in [0.15, 0.2) is 78.9 Å². The molecule has 198 valence electrons. The molecule has 0 radical (unpaired) electrons. The summed E-state index contributed by atoms with van der Waals surface area (Å²) in [6.45, 7) is 2.48. The third kappa shape index (κ3) is 7.78. The Kier molecular flexibility index (Phi) is 8.92. The number of hydrogen-bond acceptors (Lipinski definition) is 4. The van der Waals surface area contributed by atoms with E-state index in [1.165, 1.54) is 16.4 Å². The van der Waals surface area contributed by atoms with Gasteiger partial charge in [-0.2, -0.15) is 17.5 Å². The van der Waals surface area contributed by atoms with Gasteiger partial charge in [0.2, 0.25) is 10.0 Å². The van der Waals surface area contributed by atoms with Crippen LogP contribution in [-0.4, -0.2) is 50.3 Å². The zero-order valence-corrected chi connectivity index (χ0v) is 21.6. The van der Waals surface area contributed by atoms with E-state index in [9.17, 15) is 21.6 Å². The van der Waals surface area contributed by atoms with Gasteiger partial charge in [-0.15, -0.1) is 0 Å². The zero-order valence-electron chi connectivity index (χ0n) is 20.1. The molecule has 4 rings (SSSR count). The van der Waals surface area contributed by atoms with Crippen LogP contribution in [0.2, 0.25) is 5.02 Å². The molecule has 0 N–H and O–H groups in total. The Morgan fingerprint density at radius 2 is 1.46 bits per heavy atom. The number of rotatable bonds is 9. The number of hydrogen-bond donors (Lipinski definition) is 0. The van der Waals surface area contributed by atoms with E-state index in [1.54, 1.807) is 24.3 Å². The minimum atomic E-state index is -4.39. The number of ether oxygens (including phenoxy) is 1. The first kappa shape index (κ1) is 27.6. The molecule has 1 saturated heterocycles. The standard InChI is InChI=1S/C27H28ClF3N2O3S/c28-25-12-8-23(9-13-25)26(36-19-21-6-10-24(11-7-21)27(29,30)31)18-32-14-16-33(17-15-32)37(34,35)20-22-4-2-1-3-5-22/h1-13,26H,14-20H2. The van der Waals surface area contributed by atoms with Crippen molar-refractivity contribution >= 4 is 21.6 Å². The zero-order chi connectivity index (χ0) is 26.5. The molecule has 37 heavy (non-hydrogen) atoms. The van der Waals surface area contributed by atoms with Gasteiger partial charge in [-0.3, -0.25) is 4.90 Å². The highest BCUT2D eigenvalue weighted by atomic mass is 35.5. The molecule has 1 aliphatic rings. The van der Waals surface area contributed by atoms with E-state index in [0.29, 0.717) is 43.3 Å². The highest BCUT2D eigenvalue weighted by molar-refractivity contribution is 7.88. The molecule has 1 atom stereocenters. The fraction of sp³-hybridized carbons (Fsp3) is 0.333. The van der Waals surface area contributed by atoms with Crippen molar-refractivity contribution in [2.75, 3.05) is 32.7 Å². The third-order valence-electron chi connectivity index (χ3n) is 6.31. The van der Waals surface area contributed by atoms with Gasteiger partial charge in [0.1, 0.15) is 0 Å². The quantitative estimate of drug-likeness (QED) is 0.338. The summed E-state index contributed by atoms with van der Waals surface area (Å²) in [6, 6.07) is 21.3. The number of alkyl halides is 3. The Bertz CT molecular complexity index is 1250. The minimum Gasteiger partial charge on any atom is -0.368 e. The summed E-state index contributed by atoms with van der Waals surface area (Å²) in [5.74, 6) is -0.0303. The lowest BCUT2D eigenvalue weighted by molar-refractivity contribution is -0.137. The Morgan fingerprint density at radius 3 is 2.05 bits per heavy atom. The number of benzene rings is 3. The number of halogens is 4. The Hall–Kier alpha value is -2.43. The van der Waals surface area contributed by atoms with Crippen LogP contribution >= 0.6 is 11.6 Å². The summed E-state index contributed by atoms with van der Waals surface area (Å²) in [5.41, 5.74) is 1.56. The smallest absolute Gasteiger partial charge is 0.368 e. The van der Waals surface area contributed by atoms with E-state index in [2.05, 4.69) is 4.90 Å². The molecule has 0 bridgehead atoms. The summed E-state index contributed by atoms with van der Waals surface area (Å²) in [4.78, 5) is 2.14. The van der Waals surface area contributed by atoms with Crippen LogP contribution in [0.25, 0.3) is 0 Å². The second kappa shape index (κ2) is 12.0.